The molecule has 0 atom stereocenters. The summed E-state index contributed by atoms with van der Waals surface area (Å²) in [5, 5.41) is 8.89. The number of nitrogens with zero attached hydrogens (tertiary/aromatic N) is 2. The predicted molar refractivity (Wildman–Crippen MR) is 96.9 cm³/mol. The summed E-state index contributed by atoms with van der Waals surface area (Å²) in [6, 6.07) is 11.1. The number of nitrogens with one attached hydrogen (secondary N) is 1. The van der Waals surface area contributed by atoms with Gasteiger partial charge in [-0.05, 0) is 41.8 Å². The Morgan fingerprint density at radius 1 is 1.20 bits per heavy atom. The number of carbonyl (C=O) groups is 2. The topological polar surface area (TPSA) is 81.1 Å². The summed E-state index contributed by atoms with van der Waals surface area (Å²) in [5.41, 5.74) is -0.0693. The molecule has 126 valence electrons. The highest BCUT2D eigenvalue weighted by Gasteiger charge is 2.18. The second-order valence-corrected chi connectivity index (χ2v) is 6.51. The summed E-state index contributed by atoms with van der Waals surface area (Å²) in [6.07, 6.45) is 0. The first-order valence-electron chi connectivity index (χ1n) is 7.22. The highest BCUT2D eigenvalue weighted by atomic mass is 35.5. The highest BCUT2D eigenvalue weighted by Crippen LogP contribution is 2.17. The third kappa shape index (κ3) is 3.67. The molecule has 0 aliphatic heterocycles. The van der Waals surface area contributed by atoms with Gasteiger partial charge in [-0.15, -0.1) is 11.3 Å². The van der Waals surface area contributed by atoms with Gasteiger partial charge in [0, 0.05) is 11.9 Å². The Morgan fingerprint density at radius 3 is 2.52 bits per heavy atom. The molecule has 6 nitrogen and oxygen atoms in total. The van der Waals surface area contributed by atoms with Crippen molar-refractivity contribution >= 4 is 40.3 Å². The van der Waals surface area contributed by atoms with E-state index in [0.29, 0.717) is 15.6 Å². The SMILES string of the molecule is CC(=O)Nc1cc(C(=O)c2cccs2)nn(-c2ccc(Cl)cc2)c1=O. The molecular weight excluding hydrogens is 362 g/mol. The Balaban J connectivity index is 2.18. The number of halogens is 1. The third-order valence-electron chi connectivity index (χ3n) is 3.27. The molecule has 1 N–H and O–H groups in total. The number of rotatable bonds is 4. The molecule has 0 saturated heterocycles. The summed E-state index contributed by atoms with van der Waals surface area (Å²) in [5.74, 6) is -0.746. The van der Waals surface area contributed by atoms with Crippen LogP contribution in [0.4, 0.5) is 5.69 Å². The van der Waals surface area contributed by atoms with Crippen LogP contribution >= 0.6 is 22.9 Å². The van der Waals surface area contributed by atoms with Crippen molar-refractivity contribution in [1.82, 2.24) is 9.78 Å². The van der Waals surface area contributed by atoms with E-state index in [9.17, 15) is 14.4 Å². The number of carbonyl (C=O) groups excluding carboxylic acids is 2. The number of hydrogen-bond acceptors (Lipinski definition) is 5. The van der Waals surface area contributed by atoms with Crippen molar-refractivity contribution in [1.29, 1.82) is 0 Å². The zero-order valence-corrected chi connectivity index (χ0v) is 14.6. The first kappa shape index (κ1) is 17.1. The van der Waals surface area contributed by atoms with Crippen molar-refractivity contribution in [3.05, 3.63) is 73.8 Å². The van der Waals surface area contributed by atoms with Gasteiger partial charge < -0.3 is 5.32 Å². The van der Waals surface area contributed by atoms with Gasteiger partial charge >= 0.3 is 0 Å². The highest BCUT2D eigenvalue weighted by molar-refractivity contribution is 7.12. The lowest BCUT2D eigenvalue weighted by Crippen LogP contribution is -2.28. The summed E-state index contributed by atoms with van der Waals surface area (Å²) in [6.45, 7) is 1.28. The number of amides is 1. The summed E-state index contributed by atoms with van der Waals surface area (Å²) in [7, 11) is 0. The summed E-state index contributed by atoms with van der Waals surface area (Å²) in [4.78, 5) is 37.1. The fourth-order valence-corrected chi connectivity index (χ4v) is 2.97. The van der Waals surface area contributed by atoms with Crippen LogP contribution in [0.5, 0.6) is 0 Å². The van der Waals surface area contributed by atoms with Crippen LogP contribution in [0.3, 0.4) is 0 Å². The van der Waals surface area contributed by atoms with Gasteiger partial charge in [-0.25, -0.2) is 0 Å². The quantitative estimate of drug-likeness (QED) is 0.712. The Morgan fingerprint density at radius 2 is 1.92 bits per heavy atom. The molecule has 25 heavy (non-hydrogen) atoms. The van der Waals surface area contributed by atoms with Crippen LogP contribution in [-0.2, 0) is 4.79 Å². The van der Waals surface area contributed by atoms with Crippen molar-refractivity contribution in [2.75, 3.05) is 5.32 Å². The van der Waals surface area contributed by atoms with E-state index < -0.39 is 11.5 Å². The van der Waals surface area contributed by atoms with E-state index in [1.807, 2.05) is 0 Å². The van der Waals surface area contributed by atoms with E-state index in [1.54, 1.807) is 41.8 Å². The average molecular weight is 374 g/mol. The Hall–Kier alpha value is -2.77. The normalized spacial score (nSPS) is 10.5. The fourth-order valence-electron chi connectivity index (χ4n) is 2.18. The van der Waals surface area contributed by atoms with E-state index in [0.717, 1.165) is 4.68 Å². The van der Waals surface area contributed by atoms with Crippen LogP contribution < -0.4 is 10.9 Å². The Kier molecular flexibility index (Phi) is 4.78. The monoisotopic (exact) mass is 373 g/mol. The van der Waals surface area contributed by atoms with E-state index in [2.05, 4.69) is 10.4 Å². The predicted octanol–water partition coefficient (Wildman–Crippen LogP) is 3.14. The molecule has 0 radical (unpaired) electrons. The molecule has 0 saturated carbocycles. The van der Waals surface area contributed by atoms with E-state index in [-0.39, 0.29) is 17.2 Å². The average Bonchev–Trinajstić information content (AvgIpc) is 3.11. The van der Waals surface area contributed by atoms with Gasteiger partial charge in [-0.2, -0.15) is 9.78 Å². The molecule has 0 unspecified atom stereocenters. The minimum absolute atomic E-state index is 0.0163. The number of hydrogen-bond donors (Lipinski definition) is 1. The lowest BCUT2D eigenvalue weighted by Gasteiger charge is -2.10. The zero-order valence-electron chi connectivity index (χ0n) is 13.0. The zero-order chi connectivity index (χ0) is 18.0. The molecule has 2 aromatic heterocycles. The van der Waals surface area contributed by atoms with Crippen LogP contribution in [0.2, 0.25) is 5.02 Å². The molecule has 0 aliphatic carbocycles. The molecule has 3 aromatic rings. The van der Waals surface area contributed by atoms with E-state index in [1.165, 1.54) is 24.3 Å². The molecule has 1 aromatic carbocycles. The molecule has 2 heterocycles. The largest absolute Gasteiger partial charge is 0.322 e. The molecule has 1 amide bonds. The van der Waals surface area contributed by atoms with Crippen molar-refractivity contribution in [2.24, 2.45) is 0 Å². The van der Waals surface area contributed by atoms with Crippen LogP contribution in [0, 0.1) is 0 Å². The molecule has 8 heteroatoms. The standard InChI is InChI=1S/C17H12ClN3O3S/c1-10(22)19-14-9-13(16(23)15-3-2-8-25-15)20-21(17(14)24)12-6-4-11(18)5-7-12/h2-9H,1H3,(H,19,22). The number of aromatic nitrogens is 2. The van der Waals surface area contributed by atoms with Gasteiger partial charge in [0.05, 0.1) is 10.6 Å². The molecule has 3 rings (SSSR count). The molecule has 0 aliphatic rings. The molecule has 0 fully saturated rings. The number of benzene rings is 1. The van der Waals surface area contributed by atoms with Crippen molar-refractivity contribution in [3.8, 4) is 5.69 Å². The summed E-state index contributed by atoms with van der Waals surface area (Å²) >= 11 is 7.14. The van der Waals surface area contributed by atoms with Gasteiger partial charge in [-0.3, -0.25) is 14.4 Å². The number of ketones is 1. The van der Waals surface area contributed by atoms with Gasteiger partial charge in [0.1, 0.15) is 11.4 Å². The number of thiophene rings is 1. The summed E-state index contributed by atoms with van der Waals surface area (Å²) < 4.78 is 1.07. The minimum Gasteiger partial charge on any atom is -0.322 e. The van der Waals surface area contributed by atoms with Gasteiger partial charge in [-0.1, -0.05) is 17.7 Å². The molecule has 0 bridgehead atoms. The lowest BCUT2D eigenvalue weighted by atomic mass is 10.2. The van der Waals surface area contributed by atoms with Gasteiger partial charge in [0.15, 0.2) is 0 Å². The number of anilines is 1. The third-order valence-corrected chi connectivity index (χ3v) is 4.39. The van der Waals surface area contributed by atoms with Crippen LogP contribution in [0.1, 0.15) is 22.3 Å². The lowest BCUT2D eigenvalue weighted by molar-refractivity contribution is -0.114. The maximum Gasteiger partial charge on any atom is 0.295 e. The Labute approximate surface area is 151 Å². The first-order valence-corrected chi connectivity index (χ1v) is 8.47. The van der Waals surface area contributed by atoms with Crippen molar-refractivity contribution < 1.29 is 9.59 Å². The van der Waals surface area contributed by atoms with Crippen molar-refractivity contribution in [3.63, 3.8) is 0 Å². The minimum atomic E-state index is -0.541. The molecule has 0 spiro atoms. The first-order chi connectivity index (χ1) is 12.0. The molecular formula is C17H12ClN3O3S. The van der Waals surface area contributed by atoms with Gasteiger partial charge in [0.2, 0.25) is 11.7 Å². The van der Waals surface area contributed by atoms with Crippen LogP contribution in [0.25, 0.3) is 5.69 Å². The van der Waals surface area contributed by atoms with Crippen molar-refractivity contribution in [2.45, 2.75) is 6.92 Å². The maximum absolute atomic E-state index is 12.6. The smallest absolute Gasteiger partial charge is 0.295 e. The van der Waals surface area contributed by atoms with Crippen LogP contribution in [-0.4, -0.2) is 21.5 Å². The second-order valence-electron chi connectivity index (χ2n) is 5.12. The van der Waals surface area contributed by atoms with E-state index >= 15 is 0 Å². The second kappa shape index (κ2) is 7.00. The fraction of sp³-hybridized carbons (Fsp3) is 0.0588. The van der Waals surface area contributed by atoms with E-state index in [4.69, 9.17) is 11.6 Å². The Bertz CT molecular complexity index is 995. The van der Waals surface area contributed by atoms with Crippen LogP contribution in [0.15, 0.2) is 52.6 Å². The van der Waals surface area contributed by atoms with Gasteiger partial charge in [0.25, 0.3) is 5.56 Å². The maximum atomic E-state index is 12.6.